The predicted molar refractivity (Wildman–Crippen MR) is 214 cm³/mol. The number of aromatic nitrogens is 2. The predicted octanol–water partition coefficient (Wildman–Crippen LogP) is 9.23. The molecule has 2 saturated heterocycles. The molecule has 0 radical (unpaired) electrons. The topological polar surface area (TPSA) is 110 Å². The molecular weight excluding hydrogens is 654 g/mol. The number of piperidine rings is 2. The number of carbonyl (C=O) groups excluding carboxylic acids is 1. The minimum absolute atomic E-state index is 0. The van der Waals surface area contributed by atoms with Gasteiger partial charge in [-0.3, -0.25) is 9.97 Å². The average molecular weight is 716 g/mol. The normalized spacial score (nSPS) is 15.6. The minimum Gasteiger partial charge on any atom is -0.493 e. The van der Waals surface area contributed by atoms with E-state index in [1.807, 2.05) is 64.4 Å². The van der Waals surface area contributed by atoms with Gasteiger partial charge in [0.2, 0.25) is 0 Å². The summed E-state index contributed by atoms with van der Waals surface area (Å²) in [7, 11) is 6.56. The summed E-state index contributed by atoms with van der Waals surface area (Å²) in [6, 6.07) is 14.3. The van der Waals surface area contributed by atoms with Crippen LogP contribution in [0, 0.1) is 35.0 Å². The van der Waals surface area contributed by atoms with Crippen LogP contribution in [0.3, 0.4) is 0 Å². The van der Waals surface area contributed by atoms with Gasteiger partial charge in [0.15, 0.2) is 23.0 Å². The van der Waals surface area contributed by atoms with Gasteiger partial charge in [-0.25, -0.2) is 0 Å². The highest BCUT2D eigenvalue weighted by atomic mass is 16.5. The Morgan fingerprint density at radius 3 is 1.40 bits per heavy atom. The molecule has 0 saturated carbocycles. The maximum atomic E-state index is 11.0. The molecule has 2 fully saturated rings. The van der Waals surface area contributed by atoms with Gasteiger partial charge >= 0.3 is 0 Å². The van der Waals surface area contributed by atoms with Crippen molar-refractivity contribution in [3.63, 3.8) is 0 Å². The second kappa shape index (κ2) is 20.9. The maximum absolute atomic E-state index is 11.0. The second-order valence-electron chi connectivity index (χ2n) is 12.7. The third kappa shape index (κ3) is 9.75. The van der Waals surface area contributed by atoms with Gasteiger partial charge in [-0.2, -0.15) is 5.26 Å². The number of fused-ring (bicyclic) bond motifs is 2. The lowest BCUT2D eigenvalue weighted by Crippen LogP contribution is -2.36. The molecule has 4 aromatic rings. The number of nitrogens with zero attached hydrogens (tertiary/aromatic N) is 5. The van der Waals surface area contributed by atoms with E-state index in [1.54, 1.807) is 28.4 Å². The van der Waals surface area contributed by atoms with Crippen LogP contribution < -0.4 is 28.7 Å². The van der Waals surface area contributed by atoms with E-state index in [4.69, 9.17) is 24.2 Å². The van der Waals surface area contributed by atoms with Crippen molar-refractivity contribution in [1.82, 2.24) is 9.97 Å². The van der Waals surface area contributed by atoms with Gasteiger partial charge in [-0.05, 0) is 68.7 Å². The van der Waals surface area contributed by atoms with Gasteiger partial charge in [0, 0.05) is 84.7 Å². The molecular formula is C42H61N5O5. The molecule has 2 aromatic carbocycles. The fourth-order valence-electron chi connectivity index (χ4n) is 6.99. The Hall–Kier alpha value is -4.78. The summed E-state index contributed by atoms with van der Waals surface area (Å²) in [6.45, 7) is 11.9. The Bertz CT molecular complexity index is 1740. The second-order valence-corrected chi connectivity index (χ2v) is 12.7. The molecule has 2 aromatic heterocycles. The standard InChI is InChI=1S/C19H23N3O2.C19H24N2O3.C2H6.2CH4/c1-13(12-20)14-5-8-22(9-6-14)17-4-7-21-16-11-19(24-3)18(23-2)10-15(16)17;1-13(12-22)14-5-8-21(9-6-14)17-4-7-20-16-11-19(24-3)18(23-2)10-15(16)17;1-2;;/h4,7,10-11,13-14H,5-6,8-9H2,1-3H3;4,7,10-14H,5-6,8-9H2,1-3H3;1-2H3;2*1H4. The van der Waals surface area contributed by atoms with Gasteiger partial charge in [0.25, 0.3) is 0 Å². The molecule has 0 aliphatic carbocycles. The number of ether oxygens (including phenoxy) is 4. The summed E-state index contributed by atoms with van der Waals surface area (Å²) in [5, 5.41) is 11.3. The van der Waals surface area contributed by atoms with E-state index in [-0.39, 0.29) is 26.7 Å². The van der Waals surface area contributed by atoms with Crippen molar-refractivity contribution in [1.29, 1.82) is 5.26 Å². The first-order chi connectivity index (χ1) is 24.3. The highest BCUT2D eigenvalue weighted by Crippen LogP contribution is 2.39. The summed E-state index contributed by atoms with van der Waals surface area (Å²) < 4.78 is 21.6. The van der Waals surface area contributed by atoms with E-state index < -0.39 is 0 Å². The van der Waals surface area contributed by atoms with E-state index in [1.165, 1.54) is 5.69 Å². The molecule has 284 valence electrons. The zero-order valence-electron chi connectivity index (χ0n) is 30.9. The van der Waals surface area contributed by atoms with Crippen LogP contribution in [0.25, 0.3) is 21.8 Å². The molecule has 0 amide bonds. The van der Waals surface area contributed by atoms with Crippen molar-refractivity contribution in [2.75, 3.05) is 64.4 Å². The molecule has 6 rings (SSSR count). The van der Waals surface area contributed by atoms with Crippen molar-refractivity contribution >= 4 is 39.5 Å². The van der Waals surface area contributed by atoms with Crippen LogP contribution in [0.5, 0.6) is 23.0 Å². The fourth-order valence-corrected chi connectivity index (χ4v) is 6.99. The lowest BCUT2D eigenvalue weighted by atomic mass is 9.86. The highest BCUT2D eigenvalue weighted by Gasteiger charge is 2.26. The maximum Gasteiger partial charge on any atom is 0.162 e. The van der Waals surface area contributed by atoms with Crippen molar-refractivity contribution in [2.24, 2.45) is 23.7 Å². The van der Waals surface area contributed by atoms with Crippen molar-refractivity contribution < 1.29 is 23.7 Å². The van der Waals surface area contributed by atoms with Crippen LogP contribution in [0.4, 0.5) is 11.4 Å². The quantitative estimate of drug-likeness (QED) is 0.156. The Morgan fingerprint density at radius 1 is 0.692 bits per heavy atom. The molecule has 0 bridgehead atoms. The number of benzene rings is 2. The molecule has 10 heteroatoms. The molecule has 10 nitrogen and oxygen atoms in total. The number of methoxy groups -OCH3 is 4. The summed E-state index contributed by atoms with van der Waals surface area (Å²) >= 11 is 0. The lowest BCUT2D eigenvalue weighted by molar-refractivity contribution is -0.112. The van der Waals surface area contributed by atoms with Crippen LogP contribution >= 0.6 is 0 Å². The zero-order chi connectivity index (χ0) is 36.2. The third-order valence-corrected chi connectivity index (χ3v) is 10.1. The van der Waals surface area contributed by atoms with E-state index >= 15 is 0 Å². The highest BCUT2D eigenvalue weighted by molar-refractivity contribution is 5.95. The summed E-state index contributed by atoms with van der Waals surface area (Å²) in [4.78, 5) is 24.7. The summed E-state index contributed by atoms with van der Waals surface area (Å²) in [5.41, 5.74) is 4.13. The molecule has 2 atom stereocenters. The molecule has 0 spiro atoms. The number of carbonyl (C=O) groups is 1. The van der Waals surface area contributed by atoms with E-state index in [2.05, 4.69) is 38.0 Å². The Balaban J connectivity index is 0.000000332. The number of anilines is 2. The Labute approximate surface area is 312 Å². The first-order valence-electron chi connectivity index (χ1n) is 17.7. The minimum atomic E-state index is 0. The van der Waals surface area contributed by atoms with Crippen LogP contribution in [-0.4, -0.2) is 70.9 Å². The van der Waals surface area contributed by atoms with E-state index in [0.29, 0.717) is 34.8 Å². The average Bonchev–Trinajstić information content (AvgIpc) is 3.19. The van der Waals surface area contributed by atoms with Crippen molar-refractivity contribution in [3.8, 4) is 29.1 Å². The zero-order valence-corrected chi connectivity index (χ0v) is 30.9. The number of nitriles is 1. The molecule has 52 heavy (non-hydrogen) atoms. The third-order valence-electron chi connectivity index (χ3n) is 10.1. The number of pyridine rings is 2. The monoisotopic (exact) mass is 715 g/mol. The van der Waals surface area contributed by atoms with E-state index in [0.717, 1.165) is 85.6 Å². The fraction of sp³-hybridized carbons (Fsp3) is 0.524. The molecule has 2 aliphatic rings. The van der Waals surface area contributed by atoms with Crippen molar-refractivity contribution in [2.45, 2.75) is 68.2 Å². The lowest BCUT2D eigenvalue weighted by Gasteiger charge is -2.35. The summed E-state index contributed by atoms with van der Waals surface area (Å²) in [6.07, 6.45) is 8.93. The van der Waals surface area contributed by atoms with Crippen LogP contribution in [0.1, 0.15) is 68.2 Å². The number of hydrogen-bond donors (Lipinski definition) is 0. The molecule has 0 N–H and O–H groups in total. The summed E-state index contributed by atoms with van der Waals surface area (Å²) in [5.74, 6) is 4.06. The smallest absolute Gasteiger partial charge is 0.162 e. The van der Waals surface area contributed by atoms with Crippen LogP contribution in [0.2, 0.25) is 0 Å². The van der Waals surface area contributed by atoms with Gasteiger partial charge in [-0.15, -0.1) is 0 Å². The Morgan fingerprint density at radius 2 is 1.06 bits per heavy atom. The van der Waals surface area contributed by atoms with Crippen LogP contribution in [0.15, 0.2) is 48.8 Å². The number of hydrogen-bond acceptors (Lipinski definition) is 10. The van der Waals surface area contributed by atoms with E-state index in [9.17, 15) is 4.79 Å². The molecule has 4 heterocycles. The van der Waals surface area contributed by atoms with Crippen LogP contribution in [-0.2, 0) is 4.79 Å². The Kier molecular flexibility index (Phi) is 17.5. The van der Waals surface area contributed by atoms with Gasteiger partial charge < -0.3 is 33.5 Å². The van der Waals surface area contributed by atoms with Gasteiger partial charge in [-0.1, -0.05) is 35.6 Å². The SMILES string of the molecule is C.C.CC.COc1cc2nccc(N3CCC(C(C)C#N)CC3)c2cc1OC.COc1cc2nccc(N3CCC(C(C)C=O)CC3)c2cc1OC. The number of aldehydes is 1. The largest absolute Gasteiger partial charge is 0.493 e. The number of rotatable bonds is 9. The molecule has 2 unspecified atom stereocenters. The first-order valence-corrected chi connectivity index (χ1v) is 17.7. The van der Waals surface area contributed by atoms with Gasteiger partial charge in [0.05, 0.1) is 45.5 Å². The van der Waals surface area contributed by atoms with Crippen molar-refractivity contribution in [3.05, 3.63) is 48.8 Å². The first kappa shape index (κ1) is 43.4. The van der Waals surface area contributed by atoms with Gasteiger partial charge in [0.1, 0.15) is 6.29 Å². The molecule has 2 aliphatic heterocycles.